The fraction of sp³-hybridized carbons (Fsp3) is 0.400. The third kappa shape index (κ3) is 3.60. The van der Waals surface area contributed by atoms with Crippen molar-refractivity contribution in [2.45, 2.75) is 25.3 Å². The molecule has 4 rings (SSSR count). The van der Waals surface area contributed by atoms with Crippen LogP contribution in [0.4, 0.5) is 0 Å². The van der Waals surface area contributed by atoms with E-state index < -0.39 is 0 Å². The molecule has 1 saturated carbocycles. The molecule has 2 heterocycles. The second-order valence-electron chi connectivity index (χ2n) is 7.01. The topological polar surface area (TPSA) is 62.6 Å². The second kappa shape index (κ2) is 6.75. The van der Waals surface area contributed by atoms with Gasteiger partial charge in [0, 0.05) is 19.5 Å². The molecule has 1 aliphatic heterocycles. The Balaban J connectivity index is 1.25. The number of likely N-dealkylation sites (tertiary alicyclic amines) is 1. The van der Waals surface area contributed by atoms with Crippen LogP contribution in [0.1, 0.15) is 30.1 Å². The summed E-state index contributed by atoms with van der Waals surface area (Å²) in [5.74, 6) is 1.58. The fourth-order valence-corrected chi connectivity index (χ4v) is 3.65. The van der Waals surface area contributed by atoms with Gasteiger partial charge in [0.15, 0.2) is 0 Å². The molecule has 3 atom stereocenters. The molecule has 130 valence electrons. The van der Waals surface area contributed by atoms with Crippen molar-refractivity contribution in [2.75, 3.05) is 13.1 Å². The van der Waals surface area contributed by atoms with Crippen LogP contribution in [-0.2, 0) is 16.1 Å². The Morgan fingerprint density at radius 2 is 2.04 bits per heavy atom. The van der Waals surface area contributed by atoms with Crippen molar-refractivity contribution in [3.63, 3.8) is 0 Å². The normalized spacial score (nSPS) is 25.2. The Bertz CT molecular complexity index is 742. The highest BCUT2D eigenvalue weighted by molar-refractivity contribution is 5.89. The molecule has 1 aliphatic carbocycles. The largest absolute Gasteiger partial charge is 0.467 e. The third-order valence-corrected chi connectivity index (χ3v) is 5.20. The van der Waals surface area contributed by atoms with E-state index in [2.05, 4.69) is 29.6 Å². The molecule has 1 saturated heterocycles. The molecule has 2 aliphatic rings. The zero-order chi connectivity index (χ0) is 17.2. The number of benzene rings is 1. The average molecular weight is 338 g/mol. The van der Waals surface area contributed by atoms with Crippen LogP contribution in [0.3, 0.4) is 0 Å². The minimum Gasteiger partial charge on any atom is -0.467 e. The first-order valence-electron chi connectivity index (χ1n) is 8.83. The van der Waals surface area contributed by atoms with Gasteiger partial charge in [0.2, 0.25) is 11.8 Å². The summed E-state index contributed by atoms with van der Waals surface area (Å²) >= 11 is 0. The van der Waals surface area contributed by atoms with Gasteiger partial charge in [-0.25, -0.2) is 0 Å². The van der Waals surface area contributed by atoms with E-state index in [1.165, 1.54) is 5.56 Å². The molecule has 1 aromatic heterocycles. The van der Waals surface area contributed by atoms with Gasteiger partial charge in [-0.1, -0.05) is 30.3 Å². The van der Waals surface area contributed by atoms with Crippen LogP contribution in [-0.4, -0.2) is 29.8 Å². The summed E-state index contributed by atoms with van der Waals surface area (Å²) in [5, 5.41) is 3.04. The van der Waals surface area contributed by atoms with Crippen LogP contribution in [0.15, 0.2) is 53.1 Å². The van der Waals surface area contributed by atoms with E-state index in [9.17, 15) is 9.59 Å². The summed E-state index contributed by atoms with van der Waals surface area (Å²) in [6.45, 7) is 1.60. The lowest BCUT2D eigenvalue weighted by Crippen LogP contribution is -2.34. The van der Waals surface area contributed by atoms with E-state index in [4.69, 9.17) is 4.42 Å². The minimum atomic E-state index is -0.253. The van der Waals surface area contributed by atoms with Gasteiger partial charge in [0.1, 0.15) is 5.76 Å². The molecule has 25 heavy (non-hydrogen) atoms. The van der Waals surface area contributed by atoms with Crippen molar-refractivity contribution in [3.8, 4) is 0 Å². The van der Waals surface area contributed by atoms with Crippen molar-refractivity contribution in [1.82, 2.24) is 10.2 Å². The number of carbonyl (C=O) groups is 2. The quantitative estimate of drug-likeness (QED) is 0.880. The number of nitrogens with one attached hydrogen (secondary N) is 1. The molecule has 0 spiro atoms. The number of rotatable bonds is 6. The lowest BCUT2D eigenvalue weighted by molar-refractivity contribution is -0.129. The molecule has 5 nitrogen and oxygen atoms in total. The molecule has 1 N–H and O–H groups in total. The number of carbonyl (C=O) groups excluding carboxylic acids is 2. The molecule has 1 aromatic carbocycles. The van der Waals surface area contributed by atoms with Crippen molar-refractivity contribution < 1.29 is 14.0 Å². The number of hydrogen-bond acceptors (Lipinski definition) is 3. The Labute approximate surface area is 147 Å². The first kappa shape index (κ1) is 15.9. The highest BCUT2D eigenvalue weighted by Gasteiger charge is 2.39. The smallest absolute Gasteiger partial charge is 0.225 e. The molecule has 5 heteroatoms. The van der Waals surface area contributed by atoms with E-state index >= 15 is 0 Å². The van der Waals surface area contributed by atoms with Crippen LogP contribution >= 0.6 is 0 Å². The average Bonchev–Trinajstić information content (AvgIpc) is 3.04. The van der Waals surface area contributed by atoms with Gasteiger partial charge in [-0.15, -0.1) is 0 Å². The van der Waals surface area contributed by atoms with Crippen LogP contribution in [0.2, 0.25) is 0 Å². The monoisotopic (exact) mass is 338 g/mol. The van der Waals surface area contributed by atoms with Crippen molar-refractivity contribution in [3.05, 3.63) is 60.1 Å². The zero-order valence-electron chi connectivity index (χ0n) is 14.1. The maximum atomic E-state index is 12.4. The Hall–Kier alpha value is -2.56. The van der Waals surface area contributed by atoms with E-state index in [-0.39, 0.29) is 17.7 Å². The number of hydrogen-bond donors (Lipinski definition) is 1. The lowest BCUT2D eigenvalue weighted by Gasteiger charge is -2.15. The maximum absolute atomic E-state index is 12.4. The minimum absolute atomic E-state index is 0.00555. The van der Waals surface area contributed by atoms with Crippen molar-refractivity contribution in [2.24, 2.45) is 11.8 Å². The highest BCUT2D eigenvalue weighted by atomic mass is 16.3. The molecular formula is C20H22N2O3. The molecular weight excluding hydrogens is 316 g/mol. The summed E-state index contributed by atoms with van der Waals surface area (Å²) in [5.41, 5.74) is 1.35. The molecule has 0 bridgehead atoms. The molecule has 0 unspecified atom stereocenters. The summed E-state index contributed by atoms with van der Waals surface area (Å²) in [6, 6.07) is 14.1. The van der Waals surface area contributed by atoms with Crippen LogP contribution in [0.25, 0.3) is 0 Å². The Morgan fingerprint density at radius 1 is 1.20 bits per heavy atom. The van der Waals surface area contributed by atoms with Gasteiger partial charge in [0.25, 0.3) is 0 Å². The fourth-order valence-electron chi connectivity index (χ4n) is 3.65. The van der Waals surface area contributed by atoms with Crippen LogP contribution < -0.4 is 5.32 Å². The van der Waals surface area contributed by atoms with Crippen molar-refractivity contribution >= 4 is 11.8 Å². The van der Waals surface area contributed by atoms with Crippen molar-refractivity contribution in [1.29, 1.82) is 0 Å². The van der Waals surface area contributed by atoms with E-state index in [1.54, 1.807) is 17.2 Å². The van der Waals surface area contributed by atoms with E-state index in [1.807, 2.05) is 12.1 Å². The predicted molar refractivity (Wildman–Crippen MR) is 92.5 cm³/mol. The maximum Gasteiger partial charge on any atom is 0.225 e. The van der Waals surface area contributed by atoms with Gasteiger partial charge in [-0.05, 0) is 36.0 Å². The number of nitrogens with zero attached hydrogens (tertiary/aromatic N) is 1. The third-order valence-electron chi connectivity index (χ3n) is 5.20. The van der Waals surface area contributed by atoms with E-state index in [0.717, 1.165) is 12.2 Å². The van der Waals surface area contributed by atoms with Gasteiger partial charge in [0.05, 0.1) is 18.7 Å². The summed E-state index contributed by atoms with van der Waals surface area (Å²) < 4.78 is 5.29. The Morgan fingerprint density at radius 3 is 2.80 bits per heavy atom. The summed E-state index contributed by atoms with van der Waals surface area (Å²) in [6.07, 6.45) is 3.01. The second-order valence-corrected chi connectivity index (χ2v) is 7.01. The van der Waals surface area contributed by atoms with Gasteiger partial charge < -0.3 is 14.6 Å². The molecule has 2 amide bonds. The van der Waals surface area contributed by atoms with Crippen LogP contribution in [0.5, 0.6) is 0 Å². The van der Waals surface area contributed by atoms with Gasteiger partial charge in [-0.2, -0.15) is 0 Å². The first-order valence-corrected chi connectivity index (χ1v) is 8.83. The highest BCUT2D eigenvalue weighted by Crippen LogP contribution is 2.46. The SMILES string of the molecule is O=C(NC[C@@H]1C[C@@H]1c1ccccc1)[C@H]1CC(=O)N(Cc2ccco2)C1. The van der Waals surface area contributed by atoms with E-state index in [0.29, 0.717) is 37.9 Å². The summed E-state index contributed by atoms with van der Waals surface area (Å²) in [4.78, 5) is 26.2. The number of furan rings is 1. The predicted octanol–water partition coefficient (Wildman–Crippen LogP) is 2.55. The molecule has 2 fully saturated rings. The summed E-state index contributed by atoms with van der Waals surface area (Å²) in [7, 11) is 0. The van der Waals surface area contributed by atoms with Crippen LogP contribution in [0, 0.1) is 11.8 Å². The van der Waals surface area contributed by atoms with Gasteiger partial charge >= 0.3 is 0 Å². The lowest BCUT2D eigenvalue weighted by atomic mass is 10.1. The Kier molecular flexibility index (Phi) is 4.30. The van der Waals surface area contributed by atoms with Gasteiger partial charge in [-0.3, -0.25) is 9.59 Å². The molecule has 2 aromatic rings. The number of amides is 2. The zero-order valence-corrected chi connectivity index (χ0v) is 14.1. The first-order chi connectivity index (χ1) is 12.2. The molecule has 0 radical (unpaired) electrons. The standard InChI is InChI=1S/C20H22N2O3/c23-19-10-16(12-22(19)13-17-7-4-8-25-17)20(24)21-11-15-9-18(15)14-5-2-1-3-6-14/h1-8,15-16,18H,9-13H2,(H,21,24)/t15-,16-,18+/m0/s1.